The Morgan fingerprint density at radius 2 is 2.14 bits per heavy atom. The number of oxazole rings is 1. The summed E-state index contributed by atoms with van der Waals surface area (Å²) in [7, 11) is 0. The van der Waals surface area contributed by atoms with Crippen molar-refractivity contribution in [1.29, 1.82) is 0 Å². The van der Waals surface area contributed by atoms with Crippen molar-refractivity contribution < 1.29 is 14.3 Å². The number of carbonyl (C=O) groups is 1. The van der Waals surface area contributed by atoms with Gasteiger partial charge in [0.15, 0.2) is 5.58 Å². The molecule has 0 fully saturated rings. The van der Waals surface area contributed by atoms with E-state index in [0.717, 1.165) is 11.1 Å². The second-order valence-corrected chi connectivity index (χ2v) is 5.73. The minimum absolute atomic E-state index is 0.0558. The smallest absolute Gasteiger partial charge is 0.257 e. The third-order valence-corrected chi connectivity index (χ3v) is 3.86. The number of nitrogens with one attached hydrogen (secondary N) is 1. The Morgan fingerprint density at radius 1 is 1.32 bits per heavy atom. The molecule has 0 unspecified atom stereocenters. The zero-order chi connectivity index (χ0) is 15.5. The van der Waals surface area contributed by atoms with Gasteiger partial charge >= 0.3 is 0 Å². The van der Waals surface area contributed by atoms with Gasteiger partial charge in [0.05, 0.1) is 11.4 Å². The molecule has 2 N–H and O–H groups in total. The van der Waals surface area contributed by atoms with E-state index in [1.807, 2.05) is 37.3 Å². The maximum absolute atomic E-state index is 11.9. The van der Waals surface area contributed by atoms with Crippen LogP contribution in [0, 0.1) is 6.92 Å². The zero-order valence-electron chi connectivity index (χ0n) is 11.9. The molecule has 6 heteroatoms. The summed E-state index contributed by atoms with van der Waals surface area (Å²) in [5.74, 6) is -0.0215. The Bertz CT molecular complexity index is 796. The third kappa shape index (κ3) is 3.23. The predicted molar refractivity (Wildman–Crippen MR) is 86.2 cm³/mol. The highest BCUT2D eigenvalue weighted by molar-refractivity contribution is 7.99. The van der Waals surface area contributed by atoms with Crippen LogP contribution in [-0.2, 0) is 4.79 Å². The van der Waals surface area contributed by atoms with Crippen molar-refractivity contribution in [3.63, 3.8) is 0 Å². The molecule has 1 aromatic heterocycles. The van der Waals surface area contributed by atoms with Gasteiger partial charge in [-0.05, 0) is 36.8 Å². The summed E-state index contributed by atoms with van der Waals surface area (Å²) >= 11 is 1.21. The maximum atomic E-state index is 11.9. The van der Waals surface area contributed by atoms with Gasteiger partial charge in [0.25, 0.3) is 5.22 Å². The van der Waals surface area contributed by atoms with Gasteiger partial charge in [0.2, 0.25) is 5.91 Å². The Balaban J connectivity index is 1.62. The fourth-order valence-corrected chi connectivity index (χ4v) is 2.61. The molecule has 0 radical (unpaired) electrons. The van der Waals surface area contributed by atoms with Crippen LogP contribution in [0.25, 0.3) is 11.1 Å². The number of aromatic nitrogens is 1. The quantitative estimate of drug-likeness (QED) is 0.569. The number of nitrogens with zero attached hydrogens (tertiary/aromatic N) is 1. The summed E-state index contributed by atoms with van der Waals surface area (Å²) in [4.78, 5) is 16.2. The number of amides is 1. The topological polar surface area (TPSA) is 75.4 Å². The monoisotopic (exact) mass is 314 g/mol. The number of fused-ring (bicyclic) bond motifs is 1. The van der Waals surface area contributed by atoms with E-state index in [-0.39, 0.29) is 17.4 Å². The highest BCUT2D eigenvalue weighted by Crippen LogP contribution is 2.26. The first-order chi connectivity index (χ1) is 10.6. The van der Waals surface area contributed by atoms with Crippen molar-refractivity contribution in [2.45, 2.75) is 12.1 Å². The number of aryl methyl sites for hydroxylation is 1. The Kier molecular flexibility index (Phi) is 4.02. The molecule has 1 amide bonds. The summed E-state index contributed by atoms with van der Waals surface area (Å²) in [6, 6.07) is 12.5. The normalized spacial score (nSPS) is 10.8. The van der Waals surface area contributed by atoms with E-state index in [2.05, 4.69) is 10.3 Å². The molecular formula is C16H14N2O3S. The first kappa shape index (κ1) is 14.5. The van der Waals surface area contributed by atoms with E-state index in [1.165, 1.54) is 11.8 Å². The van der Waals surface area contributed by atoms with Gasteiger partial charge in [-0.15, -0.1) is 0 Å². The lowest BCUT2D eigenvalue weighted by atomic mass is 10.2. The first-order valence-corrected chi connectivity index (χ1v) is 7.68. The van der Waals surface area contributed by atoms with E-state index in [0.29, 0.717) is 16.5 Å². The maximum Gasteiger partial charge on any atom is 0.257 e. The number of anilines is 1. The van der Waals surface area contributed by atoms with Crippen LogP contribution in [0.3, 0.4) is 0 Å². The average molecular weight is 314 g/mol. The van der Waals surface area contributed by atoms with Crippen molar-refractivity contribution in [2.75, 3.05) is 11.1 Å². The van der Waals surface area contributed by atoms with Gasteiger partial charge in [-0.3, -0.25) is 4.79 Å². The fraction of sp³-hybridized carbons (Fsp3) is 0.125. The summed E-state index contributed by atoms with van der Waals surface area (Å²) in [5, 5.41) is 12.9. The molecule has 0 saturated heterocycles. The van der Waals surface area contributed by atoms with E-state index in [1.54, 1.807) is 12.1 Å². The molecule has 3 aromatic rings. The standard InChI is InChI=1S/C16H14N2O3S/c1-10-6-7-11(13(19)8-10)17-15(20)9-22-16-18-12-4-2-3-5-14(12)21-16/h2-8,19H,9H2,1H3,(H,17,20). The van der Waals surface area contributed by atoms with Crippen LogP contribution in [-0.4, -0.2) is 21.8 Å². The molecule has 0 atom stereocenters. The summed E-state index contributed by atoms with van der Waals surface area (Å²) in [5.41, 5.74) is 2.79. The molecule has 0 saturated carbocycles. The lowest BCUT2D eigenvalue weighted by molar-refractivity contribution is -0.113. The number of rotatable bonds is 4. The van der Waals surface area contributed by atoms with Crippen molar-refractivity contribution in [3.8, 4) is 5.75 Å². The van der Waals surface area contributed by atoms with Crippen LogP contribution in [0.1, 0.15) is 5.56 Å². The molecule has 3 rings (SSSR count). The second-order valence-electron chi connectivity index (χ2n) is 4.80. The number of phenols is 1. The van der Waals surface area contributed by atoms with E-state index < -0.39 is 0 Å². The van der Waals surface area contributed by atoms with Gasteiger partial charge < -0.3 is 14.8 Å². The Morgan fingerprint density at radius 3 is 2.91 bits per heavy atom. The Hall–Kier alpha value is -2.47. The number of hydrogen-bond acceptors (Lipinski definition) is 5. The van der Waals surface area contributed by atoms with E-state index >= 15 is 0 Å². The molecule has 5 nitrogen and oxygen atoms in total. The molecule has 22 heavy (non-hydrogen) atoms. The molecule has 0 aliphatic carbocycles. The number of thioether (sulfide) groups is 1. The number of benzene rings is 2. The number of hydrogen-bond donors (Lipinski definition) is 2. The minimum atomic E-state index is -0.230. The molecule has 112 valence electrons. The van der Waals surface area contributed by atoms with Gasteiger partial charge in [-0.1, -0.05) is 30.0 Å². The van der Waals surface area contributed by atoms with Crippen LogP contribution in [0.15, 0.2) is 52.1 Å². The van der Waals surface area contributed by atoms with Crippen molar-refractivity contribution in [2.24, 2.45) is 0 Å². The van der Waals surface area contributed by atoms with Gasteiger partial charge in [0.1, 0.15) is 11.3 Å². The average Bonchev–Trinajstić information content (AvgIpc) is 2.91. The number of phenolic OH excluding ortho intramolecular Hbond substituents is 1. The molecule has 2 aromatic carbocycles. The fourth-order valence-electron chi connectivity index (χ4n) is 1.97. The first-order valence-electron chi connectivity index (χ1n) is 6.69. The highest BCUT2D eigenvalue weighted by Gasteiger charge is 2.10. The summed E-state index contributed by atoms with van der Waals surface area (Å²) in [6.45, 7) is 1.87. The third-order valence-electron chi connectivity index (χ3n) is 3.03. The number of carbonyl (C=O) groups excluding carboxylic acids is 1. The lowest BCUT2D eigenvalue weighted by Crippen LogP contribution is -2.14. The molecule has 0 spiro atoms. The molecule has 0 aliphatic rings. The van der Waals surface area contributed by atoms with Gasteiger partial charge in [-0.25, -0.2) is 4.98 Å². The van der Waals surface area contributed by atoms with Gasteiger partial charge in [0, 0.05) is 0 Å². The summed E-state index contributed by atoms with van der Waals surface area (Å²) < 4.78 is 5.53. The number of aromatic hydroxyl groups is 1. The lowest BCUT2D eigenvalue weighted by Gasteiger charge is -2.07. The molecule has 0 aliphatic heterocycles. The molecular weight excluding hydrogens is 300 g/mol. The van der Waals surface area contributed by atoms with Crippen LogP contribution < -0.4 is 5.32 Å². The Labute approximate surface area is 131 Å². The van der Waals surface area contributed by atoms with Crippen LogP contribution >= 0.6 is 11.8 Å². The zero-order valence-corrected chi connectivity index (χ0v) is 12.7. The van der Waals surface area contributed by atoms with Crippen molar-refractivity contribution in [1.82, 2.24) is 4.98 Å². The SMILES string of the molecule is Cc1ccc(NC(=O)CSc2nc3ccccc3o2)c(O)c1. The second kappa shape index (κ2) is 6.11. The van der Waals surface area contributed by atoms with E-state index in [9.17, 15) is 9.90 Å². The van der Waals surface area contributed by atoms with Crippen LogP contribution in [0.5, 0.6) is 5.75 Å². The summed E-state index contributed by atoms with van der Waals surface area (Å²) in [6.07, 6.45) is 0. The van der Waals surface area contributed by atoms with Crippen molar-refractivity contribution in [3.05, 3.63) is 48.0 Å². The van der Waals surface area contributed by atoms with Crippen LogP contribution in [0.4, 0.5) is 5.69 Å². The molecule has 1 heterocycles. The number of para-hydroxylation sites is 2. The van der Waals surface area contributed by atoms with Crippen molar-refractivity contribution >= 4 is 34.5 Å². The predicted octanol–water partition coefficient (Wildman–Crippen LogP) is 3.57. The molecule has 0 bridgehead atoms. The largest absolute Gasteiger partial charge is 0.506 e. The van der Waals surface area contributed by atoms with E-state index in [4.69, 9.17) is 4.42 Å². The van der Waals surface area contributed by atoms with Gasteiger partial charge in [-0.2, -0.15) is 0 Å². The minimum Gasteiger partial charge on any atom is -0.506 e. The highest BCUT2D eigenvalue weighted by atomic mass is 32.2. The van der Waals surface area contributed by atoms with Crippen LogP contribution in [0.2, 0.25) is 0 Å².